The van der Waals surface area contributed by atoms with Crippen molar-refractivity contribution in [1.29, 1.82) is 0 Å². The van der Waals surface area contributed by atoms with Crippen LogP contribution in [0.4, 0.5) is 0 Å². The first-order valence-electron chi connectivity index (χ1n) is 6.85. The Morgan fingerprint density at radius 2 is 2.06 bits per heavy atom. The smallest absolute Gasteiger partial charge is 0.0912 e. The Balaban J connectivity index is 2.62. The Hall–Kier alpha value is -0.0800. The minimum Gasteiger partial charge on any atom is -0.390 e. The highest BCUT2D eigenvalue weighted by molar-refractivity contribution is 4.89. The molecule has 4 atom stereocenters. The molecule has 0 heterocycles. The predicted molar refractivity (Wildman–Crippen MR) is 67.5 cm³/mol. The van der Waals surface area contributed by atoms with Crippen LogP contribution in [0.2, 0.25) is 0 Å². The molecule has 1 rings (SSSR count). The summed E-state index contributed by atoms with van der Waals surface area (Å²) in [4.78, 5) is 0. The maximum absolute atomic E-state index is 10.5. The molecule has 0 amide bonds. The molecule has 0 radical (unpaired) electrons. The van der Waals surface area contributed by atoms with Gasteiger partial charge in [-0.05, 0) is 44.9 Å². The second kappa shape index (κ2) is 6.02. The molecule has 0 bridgehead atoms. The van der Waals surface area contributed by atoms with Crippen molar-refractivity contribution in [1.82, 2.24) is 0 Å². The third-order valence-corrected chi connectivity index (χ3v) is 4.23. The van der Waals surface area contributed by atoms with Crippen LogP contribution in [-0.4, -0.2) is 23.4 Å². The molecule has 0 aromatic rings. The van der Waals surface area contributed by atoms with Crippen LogP contribution in [0.25, 0.3) is 0 Å². The van der Waals surface area contributed by atoms with E-state index in [0.717, 1.165) is 25.2 Å². The zero-order chi connectivity index (χ0) is 12.2. The summed E-state index contributed by atoms with van der Waals surface area (Å²) < 4.78 is 5.78. The molecule has 0 aromatic heterocycles. The van der Waals surface area contributed by atoms with Crippen LogP contribution in [0.1, 0.15) is 59.8 Å². The fourth-order valence-corrected chi connectivity index (χ4v) is 2.99. The van der Waals surface area contributed by atoms with E-state index in [2.05, 4.69) is 20.8 Å². The van der Waals surface area contributed by atoms with Crippen molar-refractivity contribution < 1.29 is 9.84 Å². The maximum Gasteiger partial charge on any atom is 0.0912 e. The van der Waals surface area contributed by atoms with Crippen LogP contribution in [0.5, 0.6) is 0 Å². The molecule has 0 saturated heterocycles. The van der Waals surface area contributed by atoms with Crippen molar-refractivity contribution >= 4 is 0 Å². The predicted octanol–water partition coefficient (Wildman–Crippen LogP) is 3.38. The lowest BCUT2D eigenvalue weighted by molar-refractivity contribution is -0.137. The van der Waals surface area contributed by atoms with Gasteiger partial charge in [-0.2, -0.15) is 0 Å². The Kier molecular flexibility index (Phi) is 5.26. The zero-order valence-corrected chi connectivity index (χ0v) is 11.3. The lowest BCUT2D eigenvalue weighted by Crippen LogP contribution is -2.47. The maximum atomic E-state index is 10.5. The molecule has 1 saturated carbocycles. The highest BCUT2D eigenvalue weighted by Crippen LogP contribution is 2.36. The van der Waals surface area contributed by atoms with E-state index in [1.165, 1.54) is 12.8 Å². The first-order chi connectivity index (χ1) is 7.53. The molecule has 1 N–H and O–H groups in total. The Morgan fingerprint density at radius 1 is 1.38 bits per heavy atom. The van der Waals surface area contributed by atoms with E-state index in [9.17, 15) is 5.11 Å². The molecule has 2 nitrogen and oxygen atoms in total. The lowest BCUT2D eigenvalue weighted by atomic mass is 9.74. The minimum atomic E-state index is -0.351. The van der Waals surface area contributed by atoms with Crippen molar-refractivity contribution in [3.63, 3.8) is 0 Å². The topological polar surface area (TPSA) is 29.5 Å². The van der Waals surface area contributed by atoms with E-state index >= 15 is 0 Å². The van der Waals surface area contributed by atoms with Crippen LogP contribution < -0.4 is 0 Å². The minimum absolute atomic E-state index is 0.305. The summed E-state index contributed by atoms with van der Waals surface area (Å²) in [6.45, 7) is 9.14. The highest BCUT2D eigenvalue weighted by Gasteiger charge is 2.38. The summed E-state index contributed by atoms with van der Waals surface area (Å²) >= 11 is 0. The fraction of sp³-hybridized carbons (Fsp3) is 1.00. The van der Waals surface area contributed by atoms with Gasteiger partial charge in [-0.1, -0.05) is 26.7 Å². The van der Waals surface area contributed by atoms with Crippen LogP contribution >= 0.6 is 0 Å². The standard InChI is InChI=1S/C14H28O2/c1-5-14(4,16-6-2)13(15)12-9-7-8-11(3)10-12/h11-13,15H,5-10H2,1-4H3. The van der Waals surface area contributed by atoms with Crippen molar-refractivity contribution in [2.24, 2.45) is 11.8 Å². The van der Waals surface area contributed by atoms with Crippen molar-refractivity contribution in [3.05, 3.63) is 0 Å². The fourth-order valence-electron chi connectivity index (χ4n) is 2.99. The van der Waals surface area contributed by atoms with Gasteiger partial charge in [0.25, 0.3) is 0 Å². The first kappa shape index (κ1) is 14.0. The molecule has 16 heavy (non-hydrogen) atoms. The van der Waals surface area contributed by atoms with E-state index in [1.807, 2.05) is 6.92 Å². The molecule has 1 aliphatic carbocycles. The van der Waals surface area contributed by atoms with Gasteiger partial charge < -0.3 is 9.84 Å². The quantitative estimate of drug-likeness (QED) is 0.781. The van der Waals surface area contributed by atoms with Gasteiger partial charge in [0, 0.05) is 6.61 Å². The average molecular weight is 228 g/mol. The number of hydrogen-bond donors (Lipinski definition) is 1. The number of rotatable bonds is 5. The highest BCUT2D eigenvalue weighted by atomic mass is 16.5. The number of ether oxygens (including phenoxy) is 1. The molecule has 0 aliphatic heterocycles. The third-order valence-electron chi connectivity index (χ3n) is 4.23. The first-order valence-corrected chi connectivity index (χ1v) is 6.85. The summed E-state index contributed by atoms with van der Waals surface area (Å²) in [7, 11) is 0. The molecule has 2 heteroatoms. The Labute approximate surface area is 100 Å². The largest absolute Gasteiger partial charge is 0.390 e. The van der Waals surface area contributed by atoms with Gasteiger partial charge in [-0.3, -0.25) is 0 Å². The number of aliphatic hydroxyl groups excluding tert-OH is 1. The van der Waals surface area contributed by atoms with Gasteiger partial charge in [0.1, 0.15) is 0 Å². The van der Waals surface area contributed by atoms with E-state index in [1.54, 1.807) is 0 Å². The van der Waals surface area contributed by atoms with Gasteiger partial charge in [-0.25, -0.2) is 0 Å². The number of hydrogen-bond acceptors (Lipinski definition) is 2. The van der Waals surface area contributed by atoms with Gasteiger partial charge >= 0.3 is 0 Å². The third kappa shape index (κ3) is 3.21. The molecule has 0 aromatic carbocycles. The summed E-state index contributed by atoms with van der Waals surface area (Å²) in [5.74, 6) is 1.19. The van der Waals surface area contributed by atoms with E-state index < -0.39 is 0 Å². The second-order valence-electron chi connectivity index (χ2n) is 5.58. The molecular formula is C14H28O2. The van der Waals surface area contributed by atoms with Gasteiger partial charge in [0.05, 0.1) is 11.7 Å². The van der Waals surface area contributed by atoms with Gasteiger partial charge in [0.15, 0.2) is 0 Å². The van der Waals surface area contributed by atoms with E-state index in [4.69, 9.17) is 4.74 Å². The van der Waals surface area contributed by atoms with Crippen molar-refractivity contribution in [2.75, 3.05) is 6.61 Å². The van der Waals surface area contributed by atoms with Crippen LogP contribution in [-0.2, 0) is 4.74 Å². The SMILES string of the molecule is CCOC(C)(CC)C(O)C1CCCC(C)C1. The zero-order valence-electron chi connectivity index (χ0n) is 11.3. The van der Waals surface area contributed by atoms with E-state index in [0.29, 0.717) is 12.5 Å². The van der Waals surface area contributed by atoms with Crippen LogP contribution in [0, 0.1) is 11.8 Å². The van der Waals surface area contributed by atoms with Crippen molar-refractivity contribution in [2.45, 2.75) is 71.5 Å². The van der Waals surface area contributed by atoms with E-state index in [-0.39, 0.29) is 11.7 Å². The lowest BCUT2D eigenvalue weighted by Gasteiger charge is -2.40. The summed E-state index contributed by atoms with van der Waals surface area (Å²) in [6.07, 6.45) is 5.47. The summed E-state index contributed by atoms with van der Waals surface area (Å²) in [6, 6.07) is 0. The monoisotopic (exact) mass is 228 g/mol. The molecule has 0 spiro atoms. The second-order valence-corrected chi connectivity index (χ2v) is 5.58. The molecule has 96 valence electrons. The molecular weight excluding hydrogens is 200 g/mol. The molecule has 4 unspecified atom stereocenters. The summed E-state index contributed by atoms with van der Waals surface area (Å²) in [5, 5.41) is 10.5. The van der Waals surface area contributed by atoms with Gasteiger partial charge in [0.2, 0.25) is 0 Å². The van der Waals surface area contributed by atoms with Crippen molar-refractivity contribution in [3.8, 4) is 0 Å². The van der Waals surface area contributed by atoms with Crippen LogP contribution in [0.3, 0.4) is 0 Å². The Morgan fingerprint density at radius 3 is 2.56 bits per heavy atom. The van der Waals surface area contributed by atoms with Crippen LogP contribution in [0.15, 0.2) is 0 Å². The normalized spacial score (nSPS) is 32.1. The average Bonchev–Trinajstić information content (AvgIpc) is 2.28. The number of aliphatic hydroxyl groups is 1. The summed E-state index contributed by atoms with van der Waals surface area (Å²) in [5.41, 5.74) is -0.351. The molecule has 1 fully saturated rings. The van der Waals surface area contributed by atoms with Gasteiger partial charge in [-0.15, -0.1) is 0 Å². The Bertz CT molecular complexity index is 205. The molecule has 1 aliphatic rings.